The van der Waals surface area contributed by atoms with Crippen molar-refractivity contribution < 1.29 is 22.7 Å². The van der Waals surface area contributed by atoms with Gasteiger partial charge in [-0.05, 0) is 38.1 Å². The second kappa shape index (κ2) is 8.61. The van der Waals surface area contributed by atoms with Gasteiger partial charge in [0.15, 0.2) is 5.71 Å². The summed E-state index contributed by atoms with van der Waals surface area (Å²) in [6.07, 6.45) is -4.87. The lowest BCUT2D eigenvalue weighted by atomic mass is 10.1. The van der Waals surface area contributed by atoms with Crippen molar-refractivity contribution in [1.29, 1.82) is 0 Å². The summed E-state index contributed by atoms with van der Waals surface area (Å²) in [5.41, 5.74) is -1.89. The van der Waals surface area contributed by atoms with Gasteiger partial charge in [0.1, 0.15) is 11.3 Å². The van der Waals surface area contributed by atoms with E-state index >= 15 is 0 Å². The van der Waals surface area contributed by atoms with E-state index in [0.717, 1.165) is 24.8 Å². The van der Waals surface area contributed by atoms with E-state index in [-0.39, 0.29) is 16.9 Å². The quantitative estimate of drug-likeness (QED) is 0.457. The summed E-state index contributed by atoms with van der Waals surface area (Å²) in [5, 5.41) is 10.1. The van der Waals surface area contributed by atoms with E-state index < -0.39 is 29.6 Å². The number of phenols is 1. The molecular weight excluding hydrogens is 397 g/mol. The van der Waals surface area contributed by atoms with Crippen LogP contribution in [0.25, 0.3) is 11.0 Å². The highest BCUT2D eigenvalue weighted by molar-refractivity contribution is 6.06. The van der Waals surface area contributed by atoms with Crippen LogP contribution >= 0.6 is 0 Å². The van der Waals surface area contributed by atoms with Crippen LogP contribution in [0.1, 0.15) is 25.0 Å². The van der Waals surface area contributed by atoms with Crippen molar-refractivity contribution in [2.24, 2.45) is 4.99 Å². The molecule has 0 aliphatic heterocycles. The van der Waals surface area contributed by atoms with Crippen LogP contribution in [0.4, 0.5) is 18.9 Å². The molecule has 158 valence electrons. The first-order valence-electron chi connectivity index (χ1n) is 9.46. The Bertz CT molecular complexity index is 1130. The minimum atomic E-state index is -4.87. The summed E-state index contributed by atoms with van der Waals surface area (Å²) < 4.78 is 46.2. The lowest BCUT2D eigenvalue weighted by Gasteiger charge is -2.21. The first-order chi connectivity index (χ1) is 14.2. The van der Waals surface area contributed by atoms with Crippen LogP contribution in [0.2, 0.25) is 0 Å². The molecule has 1 N–H and O–H groups in total. The molecule has 0 aliphatic carbocycles. The average Bonchev–Trinajstić information content (AvgIpc) is 2.69. The van der Waals surface area contributed by atoms with Gasteiger partial charge < -0.3 is 14.4 Å². The van der Waals surface area contributed by atoms with Crippen LogP contribution in [0.3, 0.4) is 0 Å². The lowest BCUT2D eigenvalue weighted by Crippen LogP contribution is -2.29. The van der Waals surface area contributed by atoms with Gasteiger partial charge >= 0.3 is 11.8 Å². The van der Waals surface area contributed by atoms with Crippen molar-refractivity contribution in [3.63, 3.8) is 0 Å². The maximum Gasteiger partial charge on any atom is 0.433 e. The van der Waals surface area contributed by atoms with Crippen LogP contribution < -0.4 is 10.5 Å². The van der Waals surface area contributed by atoms with E-state index in [2.05, 4.69) is 4.99 Å². The molecule has 0 atom stereocenters. The second-order valence-corrected chi connectivity index (χ2v) is 6.63. The molecule has 0 aliphatic rings. The number of rotatable bonds is 6. The first-order valence-corrected chi connectivity index (χ1v) is 9.46. The van der Waals surface area contributed by atoms with Gasteiger partial charge in [-0.2, -0.15) is 13.2 Å². The molecule has 1 heterocycles. The number of alkyl halides is 3. The molecule has 1 aromatic heterocycles. The smallest absolute Gasteiger partial charge is 0.433 e. The molecule has 5 nitrogen and oxygen atoms in total. The fourth-order valence-electron chi connectivity index (χ4n) is 3.19. The number of aliphatic imine (C=N–C) groups is 1. The molecule has 0 saturated heterocycles. The summed E-state index contributed by atoms with van der Waals surface area (Å²) in [6, 6.07) is 12.1. The topological polar surface area (TPSA) is 66.0 Å². The highest BCUT2D eigenvalue weighted by Crippen LogP contribution is 2.27. The van der Waals surface area contributed by atoms with Gasteiger partial charge in [0.05, 0.1) is 12.1 Å². The molecule has 2 aromatic carbocycles. The van der Waals surface area contributed by atoms with Crippen LogP contribution in [-0.4, -0.2) is 30.1 Å². The van der Waals surface area contributed by atoms with Crippen LogP contribution in [0.5, 0.6) is 5.75 Å². The van der Waals surface area contributed by atoms with Gasteiger partial charge in [-0.1, -0.05) is 18.2 Å². The Morgan fingerprint density at radius 2 is 1.80 bits per heavy atom. The standard InChI is InChI=1S/C22H21F3N2O3/c1-3-27(4-2)16-10-9-14-11-17(21(29)30-19(14)12-16)20(22(23,24)25)26-13-15-7-5-6-8-18(15)28/h5-12,28H,3-4,13H2,1-2H3. The van der Waals surface area contributed by atoms with Crippen molar-refractivity contribution in [1.82, 2.24) is 0 Å². The number of hydrogen-bond acceptors (Lipinski definition) is 5. The zero-order chi connectivity index (χ0) is 21.9. The number of anilines is 1. The molecule has 0 fully saturated rings. The molecule has 0 spiro atoms. The summed E-state index contributed by atoms with van der Waals surface area (Å²) in [6.45, 7) is 5.00. The summed E-state index contributed by atoms with van der Waals surface area (Å²) in [5.74, 6) is -0.169. The lowest BCUT2D eigenvalue weighted by molar-refractivity contribution is -0.0584. The number of para-hydroxylation sites is 1. The zero-order valence-corrected chi connectivity index (χ0v) is 16.5. The highest BCUT2D eigenvalue weighted by atomic mass is 19.4. The van der Waals surface area contributed by atoms with E-state index in [4.69, 9.17) is 4.42 Å². The van der Waals surface area contributed by atoms with E-state index in [1.54, 1.807) is 30.3 Å². The van der Waals surface area contributed by atoms with Gasteiger partial charge in [-0.15, -0.1) is 0 Å². The molecule has 0 radical (unpaired) electrons. The van der Waals surface area contributed by atoms with Crippen LogP contribution in [-0.2, 0) is 6.54 Å². The third kappa shape index (κ3) is 4.48. The zero-order valence-electron chi connectivity index (χ0n) is 16.5. The second-order valence-electron chi connectivity index (χ2n) is 6.63. The number of nitrogens with zero attached hydrogens (tertiary/aromatic N) is 2. The maximum absolute atomic E-state index is 13.7. The molecule has 0 unspecified atom stereocenters. The third-order valence-corrected chi connectivity index (χ3v) is 4.77. The first kappa shape index (κ1) is 21.4. The number of benzene rings is 2. The largest absolute Gasteiger partial charge is 0.508 e. The van der Waals surface area contributed by atoms with Gasteiger partial charge in [-0.25, -0.2) is 4.79 Å². The molecule has 30 heavy (non-hydrogen) atoms. The number of phenolic OH excluding ortho intramolecular Hbond substituents is 1. The van der Waals surface area contributed by atoms with Gasteiger partial charge in [0, 0.05) is 35.8 Å². The molecule has 0 saturated carbocycles. The Morgan fingerprint density at radius 1 is 1.10 bits per heavy atom. The van der Waals surface area contributed by atoms with Crippen molar-refractivity contribution in [2.45, 2.75) is 26.6 Å². The molecule has 0 amide bonds. The van der Waals surface area contributed by atoms with Crippen molar-refractivity contribution in [3.05, 3.63) is 70.1 Å². The monoisotopic (exact) mass is 418 g/mol. The predicted octanol–water partition coefficient (Wildman–Crippen LogP) is 4.90. The number of hydrogen-bond donors (Lipinski definition) is 1. The van der Waals surface area contributed by atoms with E-state index in [1.807, 2.05) is 18.7 Å². The minimum absolute atomic E-state index is 0.169. The highest BCUT2D eigenvalue weighted by Gasteiger charge is 2.38. The molecule has 3 aromatic rings. The van der Waals surface area contributed by atoms with Crippen LogP contribution in [0, 0.1) is 0 Å². The Balaban J connectivity index is 2.07. The summed E-state index contributed by atoms with van der Waals surface area (Å²) in [4.78, 5) is 18.0. The molecule has 3 rings (SSSR count). The fourth-order valence-corrected chi connectivity index (χ4v) is 3.19. The van der Waals surface area contributed by atoms with E-state index in [9.17, 15) is 23.1 Å². The number of fused-ring (bicyclic) bond motifs is 1. The molecule has 0 bridgehead atoms. The van der Waals surface area contributed by atoms with Crippen molar-refractivity contribution in [3.8, 4) is 5.75 Å². The SMILES string of the molecule is CCN(CC)c1ccc2cc(C(=NCc3ccccc3O)C(F)(F)F)c(=O)oc2c1. The Labute approximate surface area is 171 Å². The van der Waals surface area contributed by atoms with Gasteiger partial charge in [-0.3, -0.25) is 4.99 Å². The Hall–Kier alpha value is -3.29. The van der Waals surface area contributed by atoms with Crippen molar-refractivity contribution >= 4 is 22.4 Å². The fraction of sp³-hybridized carbons (Fsp3) is 0.273. The Morgan fingerprint density at radius 3 is 2.43 bits per heavy atom. The maximum atomic E-state index is 13.7. The Kier molecular flexibility index (Phi) is 6.14. The summed E-state index contributed by atoms with van der Waals surface area (Å²) >= 11 is 0. The number of halogens is 3. The number of aromatic hydroxyl groups is 1. The summed E-state index contributed by atoms with van der Waals surface area (Å²) in [7, 11) is 0. The minimum Gasteiger partial charge on any atom is -0.508 e. The third-order valence-electron chi connectivity index (χ3n) is 4.77. The van der Waals surface area contributed by atoms with Gasteiger partial charge in [0.2, 0.25) is 0 Å². The normalized spacial score (nSPS) is 12.4. The average molecular weight is 418 g/mol. The molecule has 8 heteroatoms. The molecular formula is C22H21F3N2O3. The van der Waals surface area contributed by atoms with Crippen LogP contribution in [0.15, 0.2) is 62.7 Å². The van der Waals surface area contributed by atoms with Gasteiger partial charge in [0.25, 0.3) is 0 Å². The predicted molar refractivity (Wildman–Crippen MR) is 110 cm³/mol. The van der Waals surface area contributed by atoms with Crippen molar-refractivity contribution in [2.75, 3.05) is 18.0 Å². The van der Waals surface area contributed by atoms with E-state index in [0.29, 0.717) is 5.39 Å². The van der Waals surface area contributed by atoms with E-state index in [1.165, 1.54) is 12.1 Å².